The van der Waals surface area contributed by atoms with E-state index in [0.717, 1.165) is 29.8 Å². The molecule has 0 bridgehead atoms. The number of amides is 2. The SMILES string of the molecule is O=C(Nc1ccc(C2SCC(=O)N2c2ccc3c(c2)CCC3)cc1)c1ccccc1. The Hall–Kier alpha value is -3.05. The van der Waals surface area contributed by atoms with Gasteiger partial charge in [-0.1, -0.05) is 36.4 Å². The second-order valence-corrected chi connectivity index (χ2v) is 8.74. The number of carbonyl (C=O) groups excluding carboxylic acids is 2. The van der Waals surface area contributed by atoms with Crippen molar-refractivity contribution in [2.75, 3.05) is 16.0 Å². The topological polar surface area (TPSA) is 49.4 Å². The highest BCUT2D eigenvalue weighted by Gasteiger charge is 2.34. The predicted octanol–water partition coefficient (Wildman–Crippen LogP) is 5.21. The lowest BCUT2D eigenvalue weighted by Gasteiger charge is -2.25. The van der Waals surface area contributed by atoms with Crippen molar-refractivity contribution in [3.63, 3.8) is 0 Å². The van der Waals surface area contributed by atoms with Crippen LogP contribution in [0.4, 0.5) is 11.4 Å². The first-order valence-corrected chi connectivity index (χ1v) is 11.3. The van der Waals surface area contributed by atoms with E-state index < -0.39 is 0 Å². The smallest absolute Gasteiger partial charge is 0.255 e. The van der Waals surface area contributed by atoms with Crippen LogP contribution in [0.3, 0.4) is 0 Å². The molecule has 5 heteroatoms. The average molecular weight is 415 g/mol. The molecule has 0 spiro atoms. The summed E-state index contributed by atoms with van der Waals surface area (Å²) in [6, 6.07) is 23.4. The summed E-state index contributed by atoms with van der Waals surface area (Å²) >= 11 is 1.65. The monoisotopic (exact) mass is 414 g/mol. The Bertz CT molecular complexity index is 1100. The third-order valence-electron chi connectivity index (χ3n) is 5.72. The number of benzene rings is 3. The van der Waals surface area contributed by atoms with Crippen LogP contribution in [0.5, 0.6) is 0 Å². The van der Waals surface area contributed by atoms with Gasteiger partial charge in [-0.3, -0.25) is 14.5 Å². The number of hydrogen-bond donors (Lipinski definition) is 1. The number of hydrogen-bond acceptors (Lipinski definition) is 3. The average Bonchev–Trinajstić information content (AvgIpc) is 3.40. The van der Waals surface area contributed by atoms with E-state index in [-0.39, 0.29) is 17.2 Å². The summed E-state index contributed by atoms with van der Waals surface area (Å²) in [5, 5.41) is 2.88. The van der Waals surface area contributed by atoms with E-state index in [2.05, 4.69) is 23.5 Å². The number of carbonyl (C=O) groups is 2. The summed E-state index contributed by atoms with van der Waals surface area (Å²) < 4.78 is 0. The van der Waals surface area contributed by atoms with Gasteiger partial charge in [0.25, 0.3) is 5.91 Å². The van der Waals surface area contributed by atoms with E-state index in [9.17, 15) is 9.59 Å². The minimum atomic E-state index is -0.131. The van der Waals surface area contributed by atoms with Gasteiger partial charge in [0.05, 0.1) is 5.75 Å². The molecular weight excluding hydrogens is 392 g/mol. The molecule has 4 nitrogen and oxygen atoms in total. The maximum absolute atomic E-state index is 12.7. The fraction of sp³-hybridized carbons (Fsp3) is 0.200. The lowest BCUT2D eigenvalue weighted by molar-refractivity contribution is -0.115. The summed E-state index contributed by atoms with van der Waals surface area (Å²) in [4.78, 5) is 27.0. The van der Waals surface area contributed by atoms with Gasteiger partial charge in [-0.15, -0.1) is 11.8 Å². The van der Waals surface area contributed by atoms with Crippen molar-refractivity contribution < 1.29 is 9.59 Å². The standard InChI is InChI=1S/C25H22N2O2S/c28-23-16-30-25(27(23)22-14-11-17-7-4-8-20(17)15-22)19-9-12-21(13-10-19)26-24(29)18-5-2-1-3-6-18/h1-3,5-6,9-15,25H,4,7-8,16H2,(H,26,29). The molecule has 2 amide bonds. The van der Waals surface area contributed by atoms with E-state index in [1.54, 1.807) is 23.9 Å². The summed E-state index contributed by atoms with van der Waals surface area (Å²) in [6.45, 7) is 0. The minimum Gasteiger partial charge on any atom is -0.322 e. The van der Waals surface area contributed by atoms with E-state index >= 15 is 0 Å². The van der Waals surface area contributed by atoms with Crippen LogP contribution in [-0.2, 0) is 17.6 Å². The fourth-order valence-electron chi connectivity index (χ4n) is 4.18. The van der Waals surface area contributed by atoms with Crippen molar-refractivity contribution in [3.05, 3.63) is 95.1 Å². The zero-order chi connectivity index (χ0) is 20.5. The Balaban J connectivity index is 1.35. The number of nitrogens with one attached hydrogen (secondary N) is 1. The number of rotatable bonds is 4. The highest BCUT2D eigenvalue weighted by Crippen LogP contribution is 2.42. The molecule has 1 heterocycles. The number of thioether (sulfide) groups is 1. The van der Waals surface area contributed by atoms with Gasteiger partial charge in [-0.2, -0.15) is 0 Å². The minimum absolute atomic E-state index is 0.0455. The highest BCUT2D eigenvalue weighted by molar-refractivity contribution is 8.00. The molecule has 0 saturated carbocycles. The van der Waals surface area contributed by atoms with Crippen molar-refractivity contribution in [3.8, 4) is 0 Å². The first kappa shape index (κ1) is 18.9. The second-order valence-electron chi connectivity index (χ2n) is 7.68. The molecule has 1 atom stereocenters. The van der Waals surface area contributed by atoms with Gasteiger partial charge in [0, 0.05) is 16.9 Å². The van der Waals surface area contributed by atoms with Crippen LogP contribution in [0.25, 0.3) is 0 Å². The molecular formula is C25H22N2O2S. The third-order valence-corrected chi connectivity index (χ3v) is 6.93. The Morgan fingerprint density at radius 2 is 1.70 bits per heavy atom. The Labute approximate surface area is 180 Å². The lowest BCUT2D eigenvalue weighted by atomic mass is 10.1. The molecule has 30 heavy (non-hydrogen) atoms. The lowest BCUT2D eigenvalue weighted by Crippen LogP contribution is -2.27. The van der Waals surface area contributed by atoms with Gasteiger partial charge in [-0.05, 0) is 72.4 Å². The summed E-state index contributed by atoms with van der Waals surface area (Å²) in [5.74, 6) is 0.492. The van der Waals surface area contributed by atoms with E-state index in [1.807, 2.05) is 47.4 Å². The van der Waals surface area contributed by atoms with Gasteiger partial charge in [-0.25, -0.2) is 0 Å². The molecule has 2 aliphatic rings. The third kappa shape index (κ3) is 3.61. The van der Waals surface area contributed by atoms with E-state index in [1.165, 1.54) is 17.5 Å². The van der Waals surface area contributed by atoms with Crippen LogP contribution in [-0.4, -0.2) is 17.6 Å². The van der Waals surface area contributed by atoms with Crippen molar-refractivity contribution >= 4 is 35.0 Å². The molecule has 150 valence electrons. The van der Waals surface area contributed by atoms with Crippen LogP contribution < -0.4 is 10.2 Å². The molecule has 1 aliphatic carbocycles. The predicted molar refractivity (Wildman–Crippen MR) is 122 cm³/mol. The zero-order valence-corrected chi connectivity index (χ0v) is 17.3. The molecule has 0 radical (unpaired) electrons. The number of fused-ring (bicyclic) bond motifs is 1. The summed E-state index contributed by atoms with van der Waals surface area (Å²) in [6.07, 6.45) is 3.43. The maximum Gasteiger partial charge on any atom is 0.255 e. The normalized spacial score (nSPS) is 17.8. The number of aryl methyl sites for hydroxylation is 2. The molecule has 3 aromatic rings. The maximum atomic E-state index is 12.7. The van der Waals surface area contributed by atoms with Gasteiger partial charge in [0.15, 0.2) is 0 Å². The number of anilines is 2. The Kier molecular flexibility index (Phi) is 5.05. The summed E-state index contributed by atoms with van der Waals surface area (Å²) in [5.41, 5.74) is 6.19. The van der Waals surface area contributed by atoms with E-state index in [4.69, 9.17) is 0 Å². The van der Waals surface area contributed by atoms with Crippen LogP contribution in [0, 0.1) is 0 Å². The first-order valence-electron chi connectivity index (χ1n) is 10.2. The van der Waals surface area contributed by atoms with Gasteiger partial charge in [0.1, 0.15) is 5.37 Å². The first-order chi connectivity index (χ1) is 14.7. The molecule has 1 fully saturated rings. The fourth-order valence-corrected chi connectivity index (χ4v) is 5.36. The molecule has 5 rings (SSSR count). The molecule has 1 unspecified atom stereocenters. The van der Waals surface area contributed by atoms with Gasteiger partial charge >= 0.3 is 0 Å². The van der Waals surface area contributed by atoms with Crippen molar-refractivity contribution in [1.82, 2.24) is 0 Å². The second kappa shape index (κ2) is 8.00. The molecule has 1 aliphatic heterocycles. The largest absolute Gasteiger partial charge is 0.322 e. The molecule has 0 aromatic heterocycles. The van der Waals surface area contributed by atoms with Crippen molar-refractivity contribution in [2.45, 2.75) is 24.6 Å². The van der Waals surface area contributed by atoms with E-state index in [0.29, 0.717) is 11.3 Å². The summed E-state index contributed by atoms with van der Waals surface area (Å²) in [7, 11) is 0. The van der Waals surface area contributed by atoms with Crippen LogP contribution in [0.2, 0.25) is 0 Å². The van der Waals surface area contributed by atoms with Crippen LogP contribution in [0.1, 0.15) is 38.8 Å². The Morgan fingerprint density at radius 3 is 2.50 bits per heavy atom. The van der Waals surface area contributed by atoms with Gasteiger partial charge in [0.2, 0.25) is 5.91 Å². The molecule has 1 saturated heterocycles. The zero-order valence-electron chi connectivity index (χ0n) is 16.5. The molecule has 3 aromatic carbocycles. The van der Waals surface area contributed by atoms with Gasteiger partial charge < -0.3 is 5.32 Å². The number of nitrogens with zero attached hydrogens (tertiary/aromatic N) is 1. The van der Waals surface area contributed by atoms with Crippen molar-refractivity contribution in [2.24, 2.45) is 0 Å². The van der Waals surface area contributed by atoms with Crippen molar-refractivity contribution in [1.29, 1.82) is 0 Å². The molecule has 1 N–H and O–H groups in total. The van der Waals surface area contributed by atoms with Crippen LogP contribution in [0.15, 0.2) is 72.8 Å². The highest BCUT2D eigenvalue weighted by atomic mass is 32.2. The Morgan fingerprint density at radius 1 is 0.933 bits per heavy atom. The van der Waals surface area contributed by atoms with Crippen LogP contribution >= 0.6 is 11.8 Å². The quantitative estimate of drug-likeness (QED) is 0.638.